The van der Waals surface area contributed by atoms with Gasteiger partial charge in [0.2, 0.25) is 5.88 Å². The quantitative estimate of drug-likeness (QED) is 0.297. The maximum Gasteiger partial charge on any atom is 0.220 e. The Balaban J connectivity index is 1.60. The zero-order valence-electron chi connectivity index (χ0n) is 15.9. The van der Waals surface area contributed by atoms with Crippen LogP contribution in [0, 0.1) is 6.92 Å². The number of amidine groups is 1. The van der Waals surface area contributed by atoms with Crippen LogP contribution >= 0.6 is 0 Å². The van der Waals surface area contributed by atoms with Crippen molar-refractivity contribution in [2.24, 2.45) is 4.99 Å². The van der Waals surface area contributed by atoms with E-state index < -0.39 is 0 Å². The van der Waals surface area contributed by atoms with Gasteiger partial charge in [0.1, 0.15) is 5.52 Å². The van der Waals surface area contributed by atoms with Crippen LogP contribution in [-0.2, 0) is 6.54 Å². The lowest BCUT2D eigenvalue weighted by molar-refractivity contribution is 0.234. The molecule has 0 amide bonds. The van der Waals surface area contributed by atoms with Crippen LogP contribution in [0.2, 0.25) is 0 Å². The second-order valence-corrected chi connectivity index (χ2v) is 6.52. The molecule has 0 saturated heterocycles. The summed E-state index contributed by atoms with van der Waals surface area (Å²) in [5, 5.41) is 10.6. The maximum atomic E-state index is 9.60. The minimum atomic E-state index is 0.344. The van der Waals surface area contributed by atoms with Crippen molar-refractivity contribution in [1.29, 1.82) is 0 Å². The fourth-order valence-electron chi connectivity index (χ4n) is 3.03. The monoisotopic (exact) mass is 384 g/mol. The van der Waals surface area contributed by atoms with Crippen LogP contribution in [0.1, 0.15) is 16.7 Å². The predicted molar refractivity (Wildman–Crippen MR) is 112 cm³/mol. The maximum absolute atomic E-state index is 9.60. The number of aromatic nitrogens is 2. The van der Waals surface area contributed by atoms with E-state index in [1.54, 1.807) is 24.5 Å². The van der Waals surface area contributed by atoms with Crippen LogP contribution in [0.4, 0.5) is 0 Å². The number of hydroxylamine groups is 1. The molecule has 0 bridgehead atoms. The summed E-state index contributed by atoms with van der Waals surface area (Å²) in [7, 11) is 0. The number of rotatable bonds is 5. The zero-order valence-corrected chi connectivity index (χ0v) is 15.9. The molecule has 4 aromatic rings. The second kappa shape index (κ2) is 8.50. The van der Waals surface area contributed by atoms with Crippen molar-refractivity contribution in [2.45, 2.75) is 13.5 Å². The molecular weight excluding hydrogens is 364 g/mol. The number of pyridine rings is 2. The van der Waals surface area contributed by atoms with E-state index in [1.165, 1.54) is 0 Å². The number of aliphatic imine (C=N–C) groups is 1. The second-order valence-electron chi connectivity index (χ2n) is 6.52. The van der Waals surface area contributed by atoms with E-state index in [0.717, 1.165) is 22.0 Å². The summed E-state index contributed by atoms with van der Waals surface area (Å²) in [4.78, 5) is 13.2. The molecule has 144 valence electrons. The molecule has 0 aliphatic carbocycles. The molecule has 0 unspecified atom stereocenters. The summed E-state index contributed by atoms with van der Waals surface area (Å²) in [5.74, 6) is 1.35. The number of hydrogen-bond donors (Lipinski definition) is 2. The average molecular weight is 384 g/mol. The third-order valence-electron chi connectivity index (χ3n) is 4.59. The fraction of sp³-hybridized carbons (Fsp3) is 0.0870. The van der Waals surface area contributed by atoms with E-state index >= 15 is 0 Å². The van der Waals surface area contributed by atoms with Crippen LogP contribution in [0.15, 0.2) is 84.1 Å². The molecule has 6 heteroatoms. The van der Waals surface area contributed by atoms with Crippen LogP contribution in [0.5, 0.6) is 11.6 Å². The predicted octanol–water partition coefficient (Wildman–Crippen LogP) is 4.66. The number of nitrogens with one attached hydrogen (secondary N) is 1. The molecule has 2 aromatic carbocycles. The number of benzene rings is 2. The number of hydrogen-bond acceptors (Lipinski definition) is 5. The fourth-order valence-corrected chi connectivity index (χ4v) is 3.03. The summed E-state index contributed by atoms with van der Waals surface area (Å²) in [6, 6.07) is 21.1. The molecule has 0 atom stereocenters. The first-order valence-electron chi connectivity index (χ1n) is 9.21. The third kappa shape index (κ3) is 4.23. The largest absolute Gasteiger partial charge is 0.437 e. The van der Waals surface area contributed by atoms with Gasteiger partial charge in [-0.05, 0) is 36.2 Å². The van der Waals surface area contributed by atoms with Crippen LogP contribution in [0.25, 0.3) is 10.9 Å². The number of ether oxygens (including phenoxy) is 1. The highest BCUT2D eigenvalue weighted by molar-refractivity contribution is 5.98. The summed E-state index contributed by atoms with van der Waals surface area (Å²) in [5.41, 5.74) is 5.85. The lowest BCUT2D eigenvalue weighted by atomic mass is 10.1. The van der Waals surface area contributed by atoms with Gasteiger partial charge in [-0.25, -0.2) is 4.98 Å². The van der Waals surface area contributed by atoms with E-state index in [0.29, 0.717) is 29.6 Å². The van der Waals surface area contributed by atoms with Crippen molar-refractivity contribution in [3.8, 4) is 11.6 Å². The van der Waals surface area contributed by atoms with Gasteiger partial charge in [-0.3, -0.25) is 20.7 Å². The molecule has 4 rings (SSSR count). The molecule has 0 saturated carbocycles. The first-order valence-corrected chi connectivity index (χ1v) is 9.21. The summed E-state index contributed by atoms with van der Waals surface area (Å²) < 4.78 is 5.97. The SMILES string of the molecule is Cc1ccccc1CN=C(NO)c1ccnc(Oc2cccc3cccnc23)c1. The van der Waals surface area contributed by atoms with Gasteiger partial charge in [-0.15, -0.1) is 0 Å². The Morgan fingerprint density at radius 1 is 1.00 bits per heavy atom. The average Bonchev–Trinajstić information content (AvgIpc) is 2.76. The highest BCUT2D eigenvalue weighted by Crippen LogP contribution is 2.27. The third-order valence-corrected chi connectivity index (χ3v) is 4.59. The number of nitrogens with zero attached hydrogens (tertiary/aromatic N) is 3. The van der Waals surface area contributed by atoms with Crippen molar-refractivity contribution >= 4 is 16.7 Å². The Kier molecular flexibility index (Phi) is 5.45. The van der Waals surface area contributed by atoms with Crippen LogP contribution in [0.3, 0.4) is 0 Å². The molecule has 29 heavy (non-hydrogen) atoms. The Morgan fingerprint density at radius 3 is 2.72 bits per heavy atom. The zero-order chi connectivity index (χ0) is 20.1. The molecular formula is C23H20N4O2. The van der Waals surface area contributed by atoms with Gasteiger partial charge >= 0.3 is 0 Å². The molecule has 0 aliphatic rings. The van der Waals surface area contributed by atoms with E-state index in [4.69, 9.17) is 4.74 Å². The van der Waals surface area contributed by atoms with Gasteiger partial charge < -0.3 is 4.74 Å². The van der Waals surface area contributed by atoms with E-state index in [-0.39, 0.29) is 0 Å². The standard InChI is InChI=1S/C23H20N4O2/c1-16-6-2-3-7-19(16)15-26-23(27-28)18-11-13-24-21(14-18)29-20-10-4-8-17-9-5-12-25-22(17)20/h2-14,28H,15H2,1H3,(H,26,27). The van der Waals surface area contributed by atoms with Crippen LogP contribution in [-0.4, -0.2) is 21.0 Å². The van der Waals surface area contributed by atoms with Crippen LogP contribution < -0.4 is 10.2 Å². The molecule has 2 aromatic heterocycles. The summed E-state index contributed by atoms with van der Waals surface area (Å²) in [6.07, 6.45) is 3.34. The van der Waals surface area contributed by atoms with Crippen molar-refractivity contribution < 1.29 is 9.94 Å². The minimum absolute atomic E-state index is 0.344. The molecule has 0 radical (unpaired) electrons. The molecule has 0 fully saturated rings. The summed E-state index contributed by atoms with van der Waals surface area (Å²) >= 11 is 0. The van der Waals surface area contributed by atoms with Gasteiger partial charge in [-0.1, -0.05) is 42.5 Å². The van der Waals surface area contributed by atoms with E-state index in [2.05, 4.69) is 20.4 Å². The molecule has 6 nitrogen and oxygen atoms in total. The normalized spacial score (nSPS) is 11.4. The number of fused-ring (bicyclic) bond motifs is 1. The summed E-state index contributed by atoms with van der Waals surface area (Å²) in [6.45, 7) is 2.48. The molecule has 0 aliphatic heterocycles. The van der Waals surface area contributed by atoms with Gasteiger partial charge in [0.25, 0.3) is 0 Å². The first kappa shape index (κ1) is 18.6. The van der Waals surface area contributed by atoms with Gasteiger partial charge in [0.15, 0.2) is 11.6 Å². The van der Waals surface area contributed by atoms with Gasteiger partial charge in [-0.2, -0.15) is 0 Å². The van der Waals surface area contributed by atoms with Gasteiger partial charge in [0.05, 0.1) is 6.54 Å². The molecule has 2 N–H and O–H groups in total. The smallest absolute Gasteiger partial charge is 0.220 e. The highest BCUT2D eigenvalue weighted by Gasteiger charge is 2.09. The topological polar surface area (TPSA) is 79.6 Å². The Bertz CT molecular complexity index is 1170. The Morgan fingerprint density at radius 2 is 1.86 bits per heavy atom. The van der Waals surface area contributed by atoms with Crippen molar-refractivity contribution in [3.05, 3.63) is 95.8 Å². The van der Waals surface area contributed by atoms with Gasteiger partial charge in [0, 0.05) is 29.4 Å². The minimum Gasteiger partial charge on any atom is -0.437 e. The number of aryl methyl sites for hydroxylation is 1. The number of para-hydroxylation sites is 1. The Hall–Kier alpha value is -3.77. The van der Waals surface area contributed by atoms with Crippen molar-refractivity contribution in [3.63, 3.8) is 0 Å². The first-order chi connectivity index (χ1) is 14.2. The lowest BCUT2D eigenvalue weighted by Gasteiger charge is -2.10. The molecule has 0 spiro atoms. The lowest BCUT2D eigenvalue weighted by Crippen LogP contribution is -2.20. The van der Waals surface area contributed by atoms with Crippen molar-refractivity contribution in [2.75, 3.05) is 0 Å². The van der Waals surface area contributed by atoms with Crippen molar-refractivity contribution in [1.82, 2.24) is 15.4 Å². The Labute approximate surface area is 168 Å². The van der Waals surface area contributed by atoms with E-state index in [1.807, 2.05) is 61.5 Å². The van der Waals surface area contributed by atoms with E-state index in [9.17, 15) is 5.21 Å². The molecule has 2 heterocycles. The highest BCUT2D eigenvalue weighted by atomic mass is 16.5.